The summed E-state index contributed by atoms with van der Waals surface area (Å²) in [5, 5.41) is 2.88. The van der Waals surface area contributed by atoms with E-state index in [0.717, 1.165) is 0 Å². The van der Waals surface area contributed by atoms with E-state index in [-0.39, 0.29) is 11.4 Å². The molecule has 2 N–H and O–H groups in total. The number of fused-ring (bicyclic) bond motifs is 1. The minimum Gasteiger partial charge on any atom is -0.373 e. The minimum absolute atomic E-state index is 0.114. The number of benzene rings is 1. The Morgan fingerprint density at radius 1 is 1.15 bits per heavy atom. The third-order valence-corrected chi connectivity index (χ3v) is 3.30. The number of hydrogen-bond acceptors (Lipinski definition) is 3. The third-order valence-electron chi connectivity index (χ3n) is 2.85. The SMILES string of the molecule is CNc1ccc2[nH]c(-c3c(F)cc(Br)cc3F)nc2n1. The molecule has 0 saturated carbocycles. The van der Waals surface area contributed by atoms with Gasteiger partial charge in [0.05, 0.1) is 11.1 Å². The molecular weight excluding hydrogens is 330 g/mol. The smallest absolute Gasteiger partial charge is 0.180 e. The Bertz CT molecular complexity index is 777. The van der Waals surface area contributed by atoms with Gasteiger partial charge < -0.3 is 10.3 Å². The fourth-order valence-corrected chi connectivity index (χ4v) is 2.32. The molecule has 0 radical (unpaired) electrons. The van der Waals surface area contributed by atoms with Gasteiger partial charge in [0.25, 0.3) is 0 Å². The molecule has 1 aromatic carbocycles. The molecule has 0 saturated heterocycles. The number of hydrogen-bond donors (Lipinski definition) is 2. The van der Waals surface area contributed by atoms with E-state index in [1.807, 2.05) is 0 Å². The van der Waals surface area contributed by atoms with Gasteiger partial charge in [0.1, 0.15) is 23.3 Å². The molecule has 7 heteroatoms. The Hall–Kier alpha value is -2.02. The molecule has 0 unspecified atom stereocenters. The van der Waals surface area contributed by atoms with E-state index in [0.29, 0.717) is 21.5 Å². The quantitative estimate of drug-likeness (QED) is 0.748. The van der Waals surface area contributed by atoms with Gasteiger partial charge in [-0.1, -0.05) is 15.9 Å². The summed E-state index contributed by atoms with van der Waals surface area (Å²) in [5.41, 5.74) is 0.812. The summed E-state index contributed by atoms with van der Waals surface area (Å²) in [6, 6.07) is 5.88. The van der Waals surface area contributed by atoms with Gasteiger partial charge in [-0.3, -0.25) is 0 Å². The zero-order valence-corrected chi connectivity index (χ0v) is 11.9. The van der Waals surface area contributed by atoms with Crippen LogP contribution in [0.15, 0.2) is 28.7 Å². The summed E-state index contributed by atoms with van der Waals surface area (Å²) < 4.78 is 28.2. The van der Waals surface area contributed by atoms with Crippen LogP contribution in [0.4, 0.5) is 14.6 Å². The van der Waals surface area contributed by atoms with E-state index in [9.17, 15) is 8.78 Å². The molecule has 0 aliphatic heterocycles. The molecule has 0 fully saturated rings. The first-order valence-electron chi connectivity index (χ1n) is 5.78. The Morgan fingerprint density at radius 3 is 2.50 bits per heavy atom. The molecule has 0 amide bonds. The van der Waals surface area contributed by atoms with Crippen LogP contribution in [-0.4, -0.2) is 22.0 Å². The average molecular weight is 339 g/mol. The van der Waals surface area contributed by atoms with E-state index in [1.165, 1.54) is 12.1 Å². The lowest BCUT2D eigenvalue weighted by Crippen LogP contribution is -1.92. The number of aromatic nitrogens is 3. The van der Waals surface area contributed by atoms with Crippen LogP contribution in [0.2, 0.25) is 0 Å². The van der Waals surface area contributed by atoms with Crippen LogP contribution in [0.25, 0.3) is 22.6 Å². The molecule has 2 heterocycles. The molecule has 0 spiro atoms. The van der Waals surface area contributed by atoms with Gasteiger partial charge in [-0.25, -0.2) is 18.7 Å². The van der Waals surface area contributed by atoms with Crippen molar-refractivity contribution in [3.63, 3.8) is 0 Å². The summed E-state index contributed by atoms with van der Waals surface area (Å²) >= 11 is 3.04. The zero-order valence-electron chi connectivity index (χ0n) is 10.3. The molecular formula is C13H9BrF2N4. The lowest BCUT2D eigenvalue weighted by Gasteiger charge is -2.02. The second-order valence-electron chi connectivity index (χ2n) is 4.15. The zero-order chi connectivity index (χ0) is 14.3. The van der Waals surface area contributed by atoms with E-state index in [2.05, 4.69) is 36.2 Å². The molecule has 4 nitrogen and oxygen atoms in total. The number of nitrogens with one attached hydrogen (secondary N) is 2. The summed E-state index contributed by atoms with van der Waals surface area (Å²) in [5.74, 6) is -0.634. The van der Waals surface area contributed by atoms with Gasteiger partial charge >= 0.3 is 0 Å². The topological polar surface area (TPSA) is 53.6 Å². The highest BCUT2D eigenvalue weighted by atomic mass is 79.9. The standard InChI is InChI=1S/C13H9BrF2N4/c1-17-10-3-2-9-12(19-10)20-13(18-9)11-7(15)4-6(14)5-8(11)16/h2-5H,1H3,(H2,17,18,19,20). The minimum atomic E-state index is -0.690. The van der Waals surface area contributed by atoms with Gasteiger partial charge in [0.15, 0.2) is 5.65 Å². The fourth-order valence-electron chi connectivity index (χ4n) is 1.92. The van der Waals surface area contributed by atoms with Crippen molar-refractivity contribution in [2.45, 2.75) is 0 Å². The third kappa shape index (κ3) is 2.14. The van der Waals surface area contributed by atoms with Crippen LogP contribution in [-0.2, 0) is 0 Å². The second-order valence-corrected chi connectivity index (χ2v) is 5.06. The largest absolute Gasteiger partial charge is 0.373 e. The first kappa shape index (κ1) is 13.0. The van der Waals surface area contributed by atoms with Crippen LogP contribution in [0.3, 0.4) is 0 Å². The van der Waals surface area contributed by atoms with Crippen molar-refractivity contribution in [2.75, 3.05) is 12.4 Å². The van der Waals surface area contributed by atoms with Crippen molar-refractivity contribution in [1.29, 1.82) is 0 Å². The number of aromatic amines is 1. The van der Waals surface area contributed by atoms with E-state index < -0.39 is 11.6 Å². The highest BCUT2D eigenvalue weighted by Gasteiger charge is 2.17. The molecule has 102 valence electrons. The Labute approximate surface area is 121 Å². The van der Waals surface area contributed by atoms with Crippen molar-refractivity contribution in [1.82, 2.24) is 15.0 Å². The van der Waals surface area contributed by atoms with Gasteiger partial charge in [0, 0.05) is 11.5 Å². The number of anilines is 1. The first-order chi connectivity index (χ1) is 9.58. The maximum absolute atomic E-state index is 13.9. The molecule has 20 heavy (non-hydrogen) atoms. The molecule has 3 aromatic rings. The molecule has 0 bridgehead atoms. The number of H-pyrrole nitrogens is 1. The van der Waals surface area contributed by atoms with Gasteiger partial charge in [-0.05, 0) is 24.3 Å². The average Bonchev–Trinajstić information content (AvgIpc) is 2.79. The highest BCUT2D eigenvalue weighted by molar-refractivity contribution is 9.10. The lowest BCUT2D eigenvalue weighted by molar-refractivity contribution is 0.586. The van der Waals surface area contributed by atoms with Crippen LogP contribution < -0.4 is 5.32 Å². The van der Waals surface area contributed by atoms with Gasteiger partial charge in [0.2, 0.25) is 0 Å². The number of halogens is 3. The molecule has 2 aromatic heterocycles. The number of nitrogens with zero attached hydrogens (tertiary/aromatic N) is 2. The first-order valence-corrected chi connectivity index (χ1v) is 6.57. The summed E-state index contributed by atoms with van der Waals surface area (Å²) in [6.07, 6.45) is 0. The van der Waals surface area contributed by atoms with Crippen molar-refractivity contribution in [3.05, 3.63) is 40.4 Å². The maximum Gasteiger partial charge on any atom is 0.180 e. The summed E-state index contributed by atoms with van der Waals surface area (Å²) in [6.45, 7) is 0. The highest BCUT2D eigenvalue weighted by Crippen LogP contribution is 2.28. The Kier molecular flexibility index (Phi) is 3.13. The molecule has 0 aliphatic carbocycles. The molecule has 0 aliphatic rings. The lowest BCUT2D eigenvalue weighted by atomic mass is 10.2. The number of rotatable bonds is 2. The van der Waals surface area contributed by atoms with E-state index >= 15 is 0 Å². The van der Waals surface area contributed by atoms with Crippen molar-refractivity contribution >= 4 is 32.9 Å². The Balaban J connectivity index is 2.20. The van der Waals surface area contributed by atoms with Crippen molar-refractivity contribution in [3.8, 4) is 11.4 Å². The van der Waals surface area contributed by atoms with Gasteiger partial charge in [-0.2, -0.15) is 0 Å². The van der Waals surface area contributed by atoms with E-state index in [4.69, 9.17) is 0 Å². The van der Waals surface area contributed by atoms with Crippen LogP contribution in [0.5, 0.6) is 0 Å². The van der Waals surface area contributed by atoms with E-state index in [1.54, 1.807) is 19.2 Å². The van der Waals surface area contributed by atoms with Gasteiger partial charge in [-0.15, -0.1) is 0 Å². The summed E-state index contributed by atoms with van der Waals surface area (Å²) in [4.78, 5) is 11.2. The summed E-state index contributed by atoms with van der Waals surface area (Å²) in [7, 11) is 1.73. The maximum atomic E-state index is 13.9. The monoisotopic (exact) mass is 338 g/mol. The van der Waals surface area contributed by atoms with Crippen molar-refractivity contribution < 1.29 is 8.78 Å². The predicted octanol–water partition coefficient (Wildman–Crippen LogP) is 3.71. The Morgan fingerprint density at radius 2 is 1.85 bits per heavy atom. The molecule has 3 rings (SSSR count). The van der Waals surface area contributed by atoms with Crippen LogP contribution >= 0.6 is 15.9 Å². The molecule has 0 atom stereocenters. The van der Waals surface area contributed by atoms with Crippen LogP contribution in [0.1, 0.15) is 0 Å². The van der Waals surface area contributed by atoms with Crippen LogP contribution in [0, 0.1) is 11.6 Å². The number of imidazole rings is 1. The van der Waals surface area contributed by atoms with Crippen molar-refractivity contribution in [2.24, 2.45) is 0 Å². The fraction of sp³-hybridized carbons (Fsp3) is 0.0769. The normalized spacial score (nSPS) is 11.0. The predicted molar refractivity (Wildman–Crippen MR) is 76.5 cm³/mol. The number of pyridine rings is 1. The second kappa shape index (κ2) is 4.82.